The van der Waals surface area contributed by atoms with Crippen LogP contribution in [0.4, 0.5) is 0 Å². The van der Waals surface area contributed by atoms with E-state index in [0.29, 0.717) is 11.5 Å². The number of sulfone groups is 1. The third-order valence-corrected chi connectivity index (χ3v) is 7.66. The molecule has 33 heavy (non-hydrogen) atoms. The Morgan fingerprint density at radius 1 is 0.758 bits per heavy atom. The highest BCUT2D eigenvalue weighted by molar-refractivity contribution is 7.90. The predicted octanol–water partition coefficient (Wildman–Crippen LogP) is 8.08. The fourth-order valence-corrected chi connectivity index (χ4v) is 5.24. The fourth-order valence-electron chi connectivity index (χ4n) is 3.89. The molecule has 0 aromatic heterocycles. The number of hydrogen-bond donors (Lipinski definition) is 0. The van der Waals surface area contributed by atoms with Gasteiger partial charge in [0.2, 0.25) is 0 Å². The van der Waals surface area contributed by atoms with Crippen LogP contribution in [0.25, 0.3) is 0 Å². The van der Waals surface area contributed by atoms with Crippen molar-refractivity contribution in [2.75, 3.05) is 6.61 Å². The lowest BCUT2D eigenvalue weighted by atomic mass is 10.1. The van der Waals surface area contributed by atoms with Crippen molar-refractivity contribution < 1.29 is 13.2 Å². The summed E-state index contributed by atoms with van der Waals surface area (Å²) in [4.78, 5) is 0.345. The van der Waals surface area contributed by atoms with Gasteiger partial charge in [0, 0.05) is 0 Å². The maximum atomic E-state index is 12.8. The van der Waals surface area contributed by atoms with Crippen LogP contribution in [-0.2, 0) is 22.0 Å². The number of unbranched alkanes of at least 4 members (excludes halogenated alkanes) is 9. The first-order chi connectivity index (χ1) is 16.0. The maximum Gasteiger partial charge on any atom is 0.182 e. The first kappa shape index (κ1) is 27.2. The number of allylic oxidation sites excluding steroid dienone is 1. The third kappa shape index (κ3) is 11.1. The highest BCUT2D eigenvalue weighted by Crippen LogP contribution is 2.21. The van der Waals surface area contributed by atoms with E-state index in [0.717, 1.165) is 37.0 Å². The minimum Gasteiger partial charge on any atom is -0.494 e. The zero-order chi connectivity index (χ0) is 23.8. The summed E-state index contributed by atoms with van der Waals surface area (Å²) in [5.74, 6) is 0.753. The molecule has 0 bridgehead atoms. The van der Waals surface area contributed by atoms with Crippen molar-refractivity contribution in [2.45, 2.75) is 94.6 Å². The first-order valence-electron chi connectivity index (χ1n) is 12.7. The number of rotatable bonds is 18. The van der Waals surface area contributed by atoms with Gasteiger partial charge in [0.15, 0.2) is 9.84 Å². The molecule has 0 atom stereocenters. The van der Waals surface area contributed by atoms with Crippen LogP contribution < -0.4 is 4.74 Å². The van der Waals surface area contributed by atoms with Gasteiger partial charge in [0.25, 0.3) is 0 Å². The van der Waals surface area contributed by atoms with Crippen LogP contribution in [0.2, 0.25) is 0 Å². The average molecular weight is 471 g/mol. The standard InChI is InChI=1S/C29H42O3S/c1-3-5-7-9-10-11-12-14-24-32-28-20-22-29(23-21-28)33(30,31)25-27-18-16-26(17-19-27)15-13-8-6-4-2/h3,16-23H,1,4-15,24-25H2,2H3. The Morgan fingerprint density at radius 2 is 1.36 bits per heavy atom. The summed E-state index contributed by atoms with van der Waals surface area (Å²) < 4.78 is 31.4. The Labute approximate surface area is 202 Å². The van der Waals surface area contributed by atoms with Gasteiger partial charge in [-0.05, 0) is 67.5 Å². The van der Waals surface area contributed by atoms with E-state index in [1.54, 1.807) is 24.3 Å². The smallest absolute Gasteiger partial charge is 0.182 e. The minimum absolute atomic E-state index is 0.0239. The molecule has 0 aliphatic rings. The number of hydrogen-bond acceptors (Lipinski definition) is 3. The van der Waals surface area contributed by atoms with E-state index in [9.17, 15) is 8.42 Å². The molecule has 0 fully saturated rings. The predicted molar refractivity (Wildman–Crippen MR) is 140 cm³/mol. The Bertz CT molecular complexity index is 883. The quantitative estimate of drug-likeness (QED) is 0.163. The van der Waals surface area contributed by atoms with Gasteiger partial charge in [-0.15, -0.1) is 6.58 Å². The van der Waals surface area contributed by atoms with Crippen LogP contribution in [0.15, 0.2) is 66.1 Å². The highest BCUT2D eigenvalue weighted by Gasteiger charge is 2.15. The van der Waals surface area contributed by atoms with Gasteiger partial charge >= 0.3 is 0 Å². The molecular formula is C29H42O3S. The monoisotopic (exact) mass is 470 g/mol. The second-order valence-corrected chi connectivity index (χ2v) is 10.9. The maximum absolute atomic E-state index is 12.8. The largest absolute Gasteiger partial charge is 0.494 e. The SMILES string of the molecule is C=CCCCCCCCCOc1ccc(S(=O)(=O)Cc2ccc(CCCCCC)cc2)cc1. The zero-order valence-corrected chi connectivity index (χ0v) is 21.3. The lowest BCUT2D eigenvalue weighted by Crippen LogP contribution is -2.05. The summed E-state index contributed by atoms with van der Waals surface area (Å²) in [6.07, 6.45) is 16.3. The van der Waals surface area contributed by atoms with Gasteiger partial charge < -0.3 is 4.74 Å². The van der Waals surface area contributed by atoms with Crippen molar-refractivity contribution in [3.63, 3.8) is 0 Å². The molecule has 4 heteroatoms. The molecule has 0 saturated heterocycles. The summed E-state index contributed by atoms with van der Waals surface area (Å²) in [5, 5.41) is 0. The van der Waals surface area contributed by atoms with Gasteiger partial charge in [-0.2, -0.15) is 0 Å². The second kappa shape index (κ2) is 15.7. The molecule has 0 aliphatic carbocycles. The van der Waals surface area contributed by atoms with Crippen molar-refractivity contribution in [1.29, 1.82) is 0 Å². The van der Waals surface area contributed by atoms with Gasteiger partial charge in [0.1, 0.15) is 5.75 Å². The first-order valence-corrected chi connectivity index (χ1v) is 14.3. The van der Waals surface area contributed by atoms with E-state index < -0.39 is 9.84 Å². The van der Waals surface area contributed by atoms with Crippen molar-refractivity contribution in [1.82, 2.24) is 0 Å². The molecule has 0 saturated carbocycles. The van der Waals surface area contributed by atoms with Crippen molar-refractivity contribution in [2.24, 2.45) is 0 Å². The van der Waals surface area contributed by atoms with Gasteiger partial charge in [-0.25, -0.2) is 8.42 Å². The lowest BCUT2D eigenvalue weighted by Gasteiger charge is -2.09. The number of benzene rings is 2. The molecule has 182 valence electrons. The van der Waals surface area contributed by atoms with Crippen molar-refractivity contribution in [3.05, 3.63) is 72.3 Å². The topological polar surface area (TPSA) is 43.4 Å². The summed E-state index contributed by atoms with van der Waals surface area (Å²) in [7, 11) is -3.37. The zero-order valence-electron chi connectivity index (χ0n) is 20.4. The fraction of sp³-hybridized carbons (Fsp3) is 0.517. The van der Waals surface area contributed by atoms with Crippen LogP contribution in [0, 0.1) is 0 Å². The molecule has 0 unspecified atom stereocenters. The molecular weight excluding hydrogens is 428 g/mol. The molecule has 0 spiro atoms. The number of aryl methyl sites for hydroxylation is 1. The highest BCUT2D eigenvalue weighted by atomic mass is 32.2. The van der Waals surface area contributed by atoms with E-state index in [4.69, 9.17) is 4.74 Å². The Kier molecular flexibility index (Phi) is 12.9. The molecule has 0 heterocycles. The summed E-state index contributed by atoms with van der Waals surface area (Å²) >= 11 is 0. The molecule has 0 amide bonds. The molecule has 0 radical (unpaired) electrons. The van der Waals surface area contributed by atoms with E-state index in [1.165, 1.54) is 56.9 Å². The number of ether oxygens (including phenoxy) is 1. The molecule has 0 N–H and O–H groups in total. The van der Waals surface area contributed by atoms with E-state index in [2.05, 4.69) is 25.6 Å². The Hall–Kier alpha value is -2.07. The Morgan fingerprint density at radius 3 is 2.03 bits per heavy atom. The molecule has 3 nitrogen and oxygen atoms in total. The van der Waals surface area contributed by atoms with Crippen LogP contribution >= 0.6 is 0 Å². The van der Waals surface area contributed by atoms with Crippen LogP contribution in [0.5, 0.6) is 5.75 Å². The van der Waals surface area contributed by atoms with Crippen molar-refractivity contribution >= 4 is 9.84 Å². The lowest BCUT2D eigenvalue weighted by molar-refractivity contribution is 0.304. The Balaban J connectivity index is 1.73. The summed E-state index contributed by atoms with van der Waals surface area (Å²) in [5.41, 5.74) is 2.11. The van der Waals surface area contributed by atoms with Crippen LogP contribution in [-0.4, -0.2) is 15.0 Å². The van der Waals surface area contributed by atoms with Crippen LogP contribution in [0.1, 0.15) is 88.7 Å². The van der Waals surface area contributed by atoms with Gasteiger partial charge in [-0.1, -0.05) is 82.2 Å². The molecule has 2 rings (SSSR count). The van der Waals surface area contributed by atoms with Crippen molar-refractivity contribution in [3.8, 4) is 5.75 Å². The average Bonchev–Trinajstić information content (AvgIpc) is 2.82. The minimum atomic E-state index is -3.37. The van der Waals surface area contributed by atoms with E-state index in [1.807, 2.05) is 18.2 Å². The third-order valence-electron chi connectivity index (χ3n) is 5.95. The van der Waals surface area contributed by atoms with Gasteiger partial charge in [0.05, 0.1) is 17.3 Å². The van der Waals surface area contributed by atoms with E-state index in [-0.39, 0.29) is 5.75 Å². The van der Waals surface area contributed by atoms with Crippen LogP contribution in [0.3, 0.4) is 0 Å². The molecule has 2 aromatic carbocycles. The molecule has 0 aliphatic heterocycles. The summed E-state index contributed by atoms with van der Waals surface area (Å²) in [6, 6.07) is 14.9. The molecule has 2 aromatic rings. The normalized spacial score (nSPS) is 11.4. The van der Waals surface area contributed by atoms with E-state index >= 15 is 0 Å². The summed E-state index contributed by atoms with van der Waals surface area (Å²) in [6.45, 7) is 6.63. The van der Waals surface area contributed by atoms with Gasteiger partial charge in [-0.3, -0.25) is 0 Å². The second-order valence-electron chi connectivity index (χ2n) is 8.90.